The van der Waals surface area contributed by atoms with Gasteiger partial charge in [-0.3, -0.25) is 0 Å². The van der Waals surface area contributed by atoms with E-state index in [0.717, 1.165) is 5.92 Å². The van der Waals surface area contributed by atoms with Crippen LogP contribution in [0.4, 0.5) is 0 Å². The fourth-order valence-corrected chi connectivity index (χ4v) is 2.68. The lowest BCUT2D eigenvalue weighted by atomic mass is 9.91. The van der Waals surface area contributed by atoms with Gasteiger partial charge in [0.15, 0.2) is 0 Å². The Morgan fingerprint density at radius 2 is 1.89 bits per heavy atom. The second-order valence-corrected chi connectivity index (χ2v) is 5.10. The molecule has 0 N–H and O–H groups in total. The molecule has 0 saturated heterocycles. The number of halogens is 2. The third-order valence-electron chi connectivity index (χ3n) is 2.03. The van der Waals surface area contributed by atoms with Gasteiger partial charge in [-0.1, -0.05) is 45.2 Å². The number of hydrogen-bond acceptors (Lipinski definition) is 0. The Morgan fingerprint density at radius 1 is 1.22 bits per heavy atom. The molecule has 0 radical (unpaired) electrons. The highest BCUT2D eigenvalue weighted by Crippen LogP contribution is 2.33. The summed E-state index contributed by atoms with van der Waals surface area (Å²) in [6.07, 6.45) is 4.11. The topological polar surface area (TPSA) is 0 Å². The van der Waals surface area contributed by atoms with Gasteiger partial charge in [0, 0.05) is 9.65 Å². The summed E-state index contributed by atoms with van der Waals surface area (Å²) >= 11 is 7.32. The van der Waals surface area contributed by atoms with Crippen LogP contribution in [-0.2, 0) is 0 Å². The first-order valence-corrected chi connectivity index (χ1v) is 5.33. The van der Waals surface area contributed by atoms with Crippen LogP contribution in [0.2, 0.25) is 0 Å². The summed E-state index contributed by atoms with van der Waals surface area (Å²) in [6.45, 7) is 2.31. The molecule has 0 aliphatic heterocycles. The van der Waals surface area contributed by atoms with Crippen molar-refractivity contribution >= 4 is 31.9 Å². The molecule has 0 heterocycles. The summed E-state index contributed by atoms with van der Waals surface area (Å²) in [5, 5.41) is 0. The summed E-state index contributed by atoms with van der Waals surface area (Å²) in [5.41, 5.74) is 0. The molecule has 1 aliphatic carbocycles. The molecule has 0 nitrogen and oxygen atoms in total. The van der Waals surface area contributed by atoms with Crippen LogP contribution in [0.15, 0.2) is 0 Å². The van der Waals surface area contributed by atoms with Crippen LogP contribution in [0.3, 0.4) is 0 Å². The van der Waals surface area contributed by atoms with E-state index < -0.39 is 0 Å². The molecule has 54 valence electrons. The van der Waals surface area contributed by atoms with Gasteiger partial charge in [0.25, 0.3) is 0 Å². The minimum atomic E-state index is 0.700. The lowest BCUT2D eigenvalue weighted by molar-refractivity contribution is 0.415. The second-order valence-electron chi connectivity index (χ2n) is 2.87. The predicted molar refractivity (Wildman–Crippen MR) is 48.4 cm³/mol. The van der Waals surface area contributed by atoms with Crippen LogP contribution in [0, 0.1) is 5.92 Å². The largest absolute Gasteiger partial charge is 0.0878 e. The highest BCUT2D eigenvalue weighted by atomic mass is 79.9. The van der Waals surface area contributed by atoms with Gasteiger partial charge in [-0.05, 0) is 18.8 Å². The molecule has 0 unspecified atom stereocenters. The van der Waals surface area contributed by atoms with E-state index in [1.807, 2.05) is 0 Å². The minimum Gasteiger partial charge on any atom is -0.0878 e. The van der Waals surface area contributed by atoms with Crippen molar-refractivity contribution in [3.05, 3.63) is 0 Å². The number of alkyl halides is 2. The van der Waals surface area contributed by atoms with Crippen LogP contribution in [0.1, 0.15) is 26.2 Å². The Morgan fingerprint density at radius 3 is 2.33 bits per heavy atom. The van der Waals surface area contributed by atoms with Crippen LogP contribution >= 0.6 is 31.9 Å². The van der Waals surface area contributed by atoms with Gasteiger partial charge in [0.05, 0.1) is 0 Å². The molecule has 0 aromatic rings. The maximum atomic E-state index is 3.67. The molecule has 1 aliphatic rings. The third kappa shape index (κ3) is 1.94. The van der Waals surface area contributed by atoms with E-state index in [1.165, 1.54) is 19.3 Å². The Labute approximate surface area is 73.7 Å². The van der Waals surface area contributed by atoms with Crippen molar-refractivity contribution in [2.24, 2.45) is 5.92 Å². The van der Waals surface area contributed by atoms with Crippen molar-refractivity contribution in [1.82, 2.24) is 0 Å². The average Bonchev–Trinajstić information content (AvgIpc) is 1.83. The maximum absolute atomic E-state index is 3.67. The monoisotopic (exact) mass is 254 g/mol. The van der Waals surface area contributed by atoms with Crippen LogP contribution in [0.25, 0.3) is 0 Å². The zero-order valence-electron chi connectivity index (χ0n) is 5.61. The van der Waals surface area contributed by atoms with Gasteiger partial charge in [0.2, 0.25) is 0 Å². The molecule has 0 aromatic carbocycles. The first-order chi connectivity index (χ1) is 4.22. The molecular weight excluding hydrogens is 244 g/mol. The van der Waals surface area contributed by atoms with Gasteiger partial charge in [-0.15, -0.1) is 0 Å². The molecule has 0 amide bonds. The van der Waals surface area contributed by atoms with Crippen LogP contribution in [-0.4, -0.2) is 9.65 Å². The van der Waals surface area contributed by atoms with Crippen molar-refractivity contribution in [2.75, 3.05) is 0 Å². The maximum Gasteiger partial charge on any atom is 0.0296 e. The van der Waals surface area contributed by atoms with Gasteiger partial charge in [0.1, 0.15) is 0 Å². The molecule has 2 heteroatoms. The van der Waals surface area contributed by atoms with Crippen LogP contribution < -0.4 is 0 Å². The second kappa shape index (κ2) is 3.38. The Kier molecular flexibility index (Phi) is 3.03. The highest BCUT2D eigenvalue weighted by molar-refractivity contribution is 9.12. The third-order valence-corrected chi connectivity index (χ3v) is 5.31. The van der Waals surface area contributed by atoms with E-state index in [1.54, 1.807) is 0 Å². The summed E-state index contributed by atoms with van der Waals surface area (Å²) in [6, 6.07) is 0. The van der Waals surface area contributed by atoms with E-state index in [4.69, 9.17) is 0 Å². The standard InChI is InChI=1S/C7H12Br2/c1-5-3-2-4-6(8)7(5)9/h5-7H,2-4H2,1H3/t5-,6+,7+/m1/s1. The highest BCUT2D eigenvalue weighted by Gasteiger charge is 2.25. The number of rotatable bonds is 0. The Bertz CT molecular complexity index is 82.9. The molecule has 1 rings (SSSR count). The lowest BCUT2D eigenvalue weighted by Gasteiger charge is -2.28. The normalized spacial score (nSPS) is 45.0. The molecule has 9 heavy (non-hydrogen) atoms. The molecule has 1 saturated carbocycles. The molecule has 1 fully saturated rings. The smallest absolute Gasteiger partial charge is 0.0296 e. The first kappa shape index (κ1) is 8.06. The Hall–Kier alpha value is 0.960. The molecule has 3 atom stereocenters. The van der Waals surface area contributed by atoms with Gasteiger partial charge in [-0.2, -0.15) is 0 Å². The number of hydrogen-bond donors (Lipinski definition) is 0. The van der Waals surface area contributed by atoms with Crippen molar-refractivity contribution < 1.29 is 0 Å². The molecular formula is C7H12Br2. The van der Waals surface area contributed by atoms with E-state index in [0.29, 0.717) is 9.65 Å². The van der Waals surface area contributed by atoms with Crippen LogP contribution in [0.5, 0.6) is 0 Å². The van der Waals surface area contributed by atoms with Gasteiger partial charge < -0.3 is 0 Å². The quantitative estimate of drug-likeness (QED) is 0.583. The zero-order chi connectivity index (χ0) is 6.85. The Balaban J connectivity index is 2.41. The van der Waals surface area contributed by atoms with Gasteiger partial charge >= 0.3 is 0 Å². The fraction of sp³-hybridized carbons (Fsp3) is 1.00. The van der Waals surface area contributed by atoms with E-state index >= 15 is 0 Å². The van der Waals surface area contributed by atoms with E-state index in [2.05, 4.69) is 38.8 Å². The average molecular weight is 256 g/mol. The predicted octanol–water partition coefficient (Wildman–Crippen LogP) is 3.33. The zero-order valence-corrected chi connectivity index (χ0v) is 8.78. The lowest BCUT2D eigenvalue weighted by Crippen LogP contribution is -2.26. The van der Waals surface area contributed by atoms with Crippen molar-refractivity contribution in [3.63, 3.8) is 0 Å². The molecule has 0 bridgehead atoms. The fourth-order valence-electron chi connectivity index (χ4n) is 1.31. The summed E-state index contributed by atoms with van der Waals surface area (Å²) < 4.78 is 0. The first-order valence-electron chi connectivity index (χ1n) is 3.50. The summed E-state index contributed by atoms with van der Waals surface area (Å²) in [4.78, 5) is 1.41. The van der Waals surface area contributed by atoms with Crippen molar-refractivity contribution in [2.45, 2.75) is 35.8 Å². The van der Waals surface area contributed by atoms with Crippen molar-refractivity contribution in [3.8, 4) is 0 Å². The summed E-state index contributed by atoms with van der Waals surface area (Å²) in [5.74, 6) is 0.850. The van der Waals surface area contributed by atoms with E-state index in [-0.39, 0.29) is 0 Å². The summed E-state index contributed by atoms with van der Waals surface area (Å²) in [7, 11) is 0. The van der Waals surface area contributed by atoms with Gasteiger partial charge in [-0.25, -0.2) is 0 Å². The van der Waals surface area contributed by atoms with Crippen molar-refractivity contribution in [1.29, 1.82) is 0 Å². The SMILES string of the molecule is C[C@@H]1CCC[C@H](Br)[C@H]1Br. The molecule has 0 spiro atoms. The minimum absolute atomic E-state index is 0.700. The van der Waals surface area contributed by atoms with E-state index in [9.17, 15) is 0 Å². The molecule has 0 aromatic heterocycles.